The smallest absolute Gasteiger partial charge is 0.372 e. The summed E-state index contributed by atoms with van der Waals surface area (Å²) in [5, 5.41) is 5.55. The first-order valence-corrected chi connectivity index (χ1v) is 5.86. The summed E-state index contributed by atoms with van der Waals surface area (Å²) in [6.45, 7) is 0. The van der Waals surface area contributed by atoms with E-state index in [0.29, 0.717) is 10.6 Å². The molecule has 17 heavy (non-hydrogen) atoms. The number of fused-ring (bicyclic) bond motifs is 1. The molecule has 0 unspecified atom stereocenters. The van der Waals surface area contributed by atoms with Crippen molar-refractivity contribution in [2.24, 2.45) is 0 Å². The minimum atomic E-state index is -4.17. The summed E-state index contributed by atoms with van der Waals surface area (Å²) < 4.78 is 36.3. The molecule has 0 aliphatic carbocycles. The van der Waals surface area contributed by atoms with E-state index in [4.69, 9.17) is 0 Å². The highest BCUT2D eigenvalue weighted by atomic mass is 32.1. The molecule has 0 saturated heterocycles. The summed E-state index contributed by atoms with van der Waals surface area (Å²) >= 11 is 1.39. The minimum Gasteiger partial charge on any atom is -0.372 e. The lowest BCUT2D eigenvalue weighted by molar-refractivity contribution is -0.134. The molecule has 2 heterocycles. The van der Waals surface area contributed by atoms with Crippen LogP contribution in [0.1, 0.15) is 12.2 Å². The van der Waals surface area contributed by atoms with Gasteiger partial charge in [-0.1, -0.05) is 0 Å². The molecule has 7 heteroatoms. The van der Waals surface area contributed by atoms with Crippen LogP contribution in [0.15, 0.2) is 11.4 Å². The van der Waals surface area contributed by atoms with Crippen molar-refractivity contribution in [3.05, 3.63) is 17.3 Å². The van der Waals surface area contributed by atoms with E-state index in [1.807, 2.05) is 11.4 Å². The van der Waals surface area contributed by atoms with Crippen LogP contribution in [-0.4, -0.2) is 23.2 Å². The lowest BCUT2D eigenvalue weighted by atomic mass is 10.3. The third kappa shape index (κ3) is 2.85. The van der Waals surface area contributed by atoms with Crippen molar-refractivity contribution in [1.82, 2.24) is 9.97 Å². The van der Waals surface area contributed by atoms with Gasteiger partial charge in [-0.15, -0.1) is 11.3 Å². The van der Waals surface area contributed by atoms with Gasteiger partial charge in [-0.05, 0) is 11.4 Å². The number of anilines is 1. The van der Waals surface area contributed by atoms with E-state index in [1.165, 1.54) is 11.3 Å². The van der Waals surface area contributed by atoms with Crippen molar-refractivity contribution >= 4 is 27.4 Å². The van der Waals surface area contributed by atoms with E-state index in [2.05, 4.69) is 15.3 Å². The molecule has 2 rings (SSSR count). The van der Waals surface area contributed by atoms with Crippen molar-refractivity contribution in [1.29, 1.82) is 0 Å². The molecule has 0 amide bonds. The van der Waals surface area contributed by atoms with Crippen LogP contribution in [0, 0.1) is 0 Å². The van der Waals surface area contributed by atoms with Gasteiger partial charge in [-0.25, -0.2) is 9.97 Å². The number of aromatic nitrogens is 2. The SMILES string of the molecule is CNc1nc(CCC(F)(F)F)nc2sccc12. The van der Waals surface area contributed by atoms with E-state index >= 15 is 0 Å². The largest absolute Gasteiger partial charge is 0.389 e. The van der Waals surface area contributed by atoms with Crippen LogP contribution in [-0.2, 0) is 6.42 Å². The second-order valence-corrected chi connectivity index (χ2v) is 4.39. The Hall–Kier alpha value is -1.37. The molecule has 0 atom stereocenters. The highest BCUT2D eigenvalue weighted by molar-refractivity contribution is 7.16. The lowest BCUT2D eigenvalue weighted by Gasteiger charge is -2.07. The Balaban J connectivity index is 2.29. The Bertz CT molecular complexity index is 521. The van der Waals surface area contributed by atoms with E-state index in [-0.39, 0.29) is 12.2 Å². The summed E-state index contributed by atoms with van der Waals surface area (Å²) in [4.78, 5) is 8.90. The van der Waals surface area contributed by atoms with Gasteiger partial charge < -0.3 is 5.32 Å². The molecular weight excluding hydrogens is 251 g/mol. The van der Waals surface area contributed by atoms with Gasteiger partial charge in [0.05, 0.1) is 11.8 Å². The fraction of sp³-hybridized carbons (Fsp3) is 0.400. The van der Waals surface area contributed by atoms with Crippen LogP contribution in [0.3, 0.4) is 0 Å². The number of halogens is 3. The molecule has 92 valence electrons. The van der Waals surface area contributed by atoms with Gasteiger partial charge in [-0.2, -0.15) is 13.2 Å². The fourth-order valence-electron chi connectivity index (χ4n) is 1.46. The van der Waals surface area contributed by atoms with Crippen molar-refractivity contribution in [2.45, 2.75) is 19.0 Å². The fourth-order valence-corrected chi connectivity index (χ4v) is 2.24. The Labute approximate surface area is 99.7 Å². The number of hydrogen-bond donors (Lipinski definition) is 1. The quantitative estimate of drug-likeness (QED) is 0.921. The van der Waals surface area contributed by atoms with Gasteiger partial charge in [-0.3, -0.25) is 0 Å². The maximum absolute atomic E-state index is 12.1. The van der Waals surface area contributed by atoms with Crippen molar-refractivity contribution < 1.29 is 13.2 Å². The molecule has 0 aliphatic rings. The van der Waals surface area contributed by atoms with Crippen LogP contribution >= 0.6 is 11.3 Å². The molecule has 0 radical (unpaired) electrons. The molecule has 3 nitrogen and oxygen atoms in total. The molecule has 0 fully saturated rings. The summed E-state index contributed by atoms with van der Waals surface area (Å²) in [6, 6.07) is 1.85. The Morgan fingerprint density at radius 1 is 1.35 bits per heavy atom. The van der Waals surface area contributed by atoms with E-state index in [0.717, 1.165) is 5.39 Å². The van der Waals surface area contributed by atoms with Crippen LogP contribution in [0.5, 0.6) is 0 Å². The van der Waals surface area contributed by atoms with Gasteiger partial charge in [0.2, 0.25) is 0 Å². The molecule has 0 saturated carbocycles. The highest BCUT2D eigenvalue weighted by Crippen LogP contribution is 2.26. The van der Waals surface area contributed by atoms with Gasteiger partial charge >= 0.3 is 6.18 Å². The number of nitrogens with one attached hydrogen (secondary N) is 1. The topological polar surface area (TPSA) is 37.8 Å². The summed E-state index contributed by atoms with van der Waals surface area (Å²) in [5.74, 6) is 0.801. The second kappa shape index (κ2) is 4.48. The molecule has 0 spiro atoms. The summed E-state index contributed by atoms with van der Waals surface area (Å²) in [6.07, 6.45) is -5.26. The molecule has 0 aromatic carbocycles. The predicted octanol–water partition coefficient (Wildman–Crippen LogP) is 3.23. The van der Waals surface area contributed by atoms with Crippen LogP contribution in [0.4, 0.5) is 19.0 Å². The Morgan fingerprint density at radius 2 is 2.12 bits per heavy atom. The second-order valence-electron chi connectivity index (χ2n) is 3.49. The number of rotatable bonds is 3. The number of thiophene rings is 1. The third-order valence-corrected chi connectivity index (χ3v) is 3.05. The number of alkyl halides is 3. The molecule has 0 bridgehead atoms. The average molecular weight is 261 g/mol. The van der Waals surface area contributed by atoms with Gasteiger partial charge in [0.1, 0.15) is 16.5 Å². The van der Waals surface area contributed by atoms with Gasteiger partial charge in [0, 0.05) is 13.5 Å². The minimum absolute atomic E-state index is 0.188. The normalized spacial score (nSPS) is 12.0. The zero-order valence-electron chi connectivity index (χ0n) is 9.01. The maximum Gasteiger partial charge on any atom is 0.389 e. The van der Waals surface area contributed by atoms with Gasteiger partial charge in [0.15, 0.2) is 0 Å². The average Bonchev–Trinajstić information content (AvgIpc) is 2.72. The van der Waals surface area contributed by atoms with Gasteiger partial charge in [0.25, 0.3) is 0 Å². The van der Waals surface area contributed by atoms with Crippen LogP contribution in [0.25, 0.3) is 10.2 Å². The first-order valence-electron chi connectivity index (χ1n) is 4.98. The van der Waals surface area contributed by atoms with E-state index < -0.39 is 12.6 Å². The zero-order chi connectivity index (χ0) is 12.5. The molecule has 2 aromatic rings. The standard InChI is InChI=1S/C10H10F3N3S/c1-14-8-6-3-5-17-9(6)16-7(15-8)2-4-10(11,12)13/h3,5H,2,4H2,1H3,(H,14,15,16). The molecule has 1 N–H and O–H groups in total. The predicted molar refractivity (Wildman–Crippen MR) is 61.3 cm³/mol. The van der Waals surface area contributed by atoms with Crippen LogP contribution < -0.4 is 5.32 Å². The molecule has 0 aliphatic heterocycles. The van der Waals surface area contributed by atoms with Crippen molar-refractivity contribution in [2.75, 3.05) is 12.4 Å². The number of nitrogens with zero attached hydrogens (tertiary/aromatic N) is 2. The van der Waals surface area contributed by atoms with Crippen molar-refractivity contribution in [3.8, 4) is 0 Å². The molecule has 2 aromatic heterocycles. The summed E-state index contributed by atoms with van der Waals surface area (Å²) in [7, 11) is 1.69. The Kier molecular flexibility index (Phi) is 3.19. The third-order valence-electron chi connectivity index (χ3n) is 2.24. The molecular formula is C10H10F3N3S. The first kappa shape index (κ1) is 12.1. The number of hydrogen-bond acceptors (Lipinski definition) is 4. The lowest BCUT2D eigenvalue weighted by Crippen LogP contribution is -2.10. The zero-order valence-corrected chi connectivity index (χ0v) is 9.82. The number of aryl methyl sites for hydroxylation is 1. The summed E-state index contributed by atoms with van der Waals surface area (Å²) in [5.41, 5.74) is 0. The highest BCUT2D eigenvalue weighted by Gasteiger charge is 2.27. The first-order chi connectivity index (χ1) is 7.99. The Morgan fingerprint density at radius 3 is 2.76 bits per heavy atom. The maximum atomic E-state index is 12.1. The van der Waals surface area contributed by atoms with Crippen molar-refractivity contribution in [3.63, 3.8) is 0 Å². The van der Waals surface area contributed by atoms with E-state index in [1.54, 1.807) is 7.05 Å². The van der Waals surface area contributed by atoms with E-state index in [9.17, 15) is 13.2 Å². The monoisotopic (exact) mass is 261 g/mol. The van der Waals surface area contributed by atoms with Crippen LogP contribution in [0.2, 0.25) is 0 Å².